The lowest BCUT2D eigenvalue weighted by Gasteiger charge is -2.28. The Bertz CT molecular complexity index is 554. The molecule has 1 saturated carbocycles. The van der Waals surface area contributed by atoms with E-state index in [1.807, 2.05) is 0 Å². The van der Waals surface area contributed by atoms with Crippen LogP contribution < -0.4 is 10.6 Å². The largest absolute Gasteiger partial charge is 0.356 e. The summed E-state index contributed by atoms with van der Waals surface area (Å²) in [4.78, 5) is 14.4. The molecule has 0 amide bonds. The third kappa shape index (κ3) is 5.60. The number of nitro groups is 1. The molecule has 1 fully saturated rings. The van der Waals surface area contributed by atoms with Crippen molar-refractivity contribution in [2.75, 3.05) is 20.1 Å². The molecule has 0 radical (unpaired) electrons. The van der Waals surface area contributed by atoms with Crippen LogP contribution >= 0.6 is 24.0 Å². The first-order valence-corrected chi connectivity index (χ1v) is 8.20. The Morgan fingerprint density at radius 1 is 1.46 bits per heavy atom. The van der Waals surface area contributed by atoms with Crippen molar-refractivity contribution in [3.05, 3.63) is 22.5 Å². The van der Waals surface area contributed by atoms with Crippen molar-refractivity contribution < 1.29 is 4.92 Å². The molecule has 0 atom stereocenters. The van der Waals surface area contributed by atoms with Gasteiger partial charge in [-0.15, -0.1) is 24.0 Å². The molecule has 0 spiro atoms. The minimum atomic E-state index is -0.441. The maximum absolute atomic E-state index is 10.6. The number of halogens is 1. The highest BCUT2D eigenvalue weighted by Gasteiger charge is 2.31. The Balaban J connectivity index is 0.00000288. The fourth-order valence-electron chi connectivity index (χ4n) is 3.13. The predicted octanol–water partition coefficient (Wildman–Crippen LogP) is 2.54. The molecule has 1 heterocycles. The van der Waals surface area contributed by atoms with Gasteiger partial charge in [0.25, 0.3) is 0 Å². The van der Waals surface area contributed by atoms with E-state index in [4.69, 9.17) is 0 Å². The highest BCUT2D eigenvalue weighted by molar-refractivity contribution is 14.0. The zero-order valence-corrected chi connectivity index (χ0v) is 16.7. The summed E-state index contributed by atoms with van der Waals surface area (Å²) < 4.78 is 1.56. The number of nitrogens with zero attached hydrogens (tertiary/aromatic N) is 4. The van der Waals surface area contributed by atoms with E-state index in [2.05, 4.69) is 27.6 Å². The van der Waals surface area contributed by atoms with Crippen molar-refractivity contribution in [2.45, 2.75) is 45.6 Å². The van der Waals surface area contributed by atoms with Crippen LogP contribution in [-0.4, -0.2) is 40.8 Å². The summed E-state index contributed by atoms with van der Waals surface area (Å²) in [6.45, 7) is 4.36. The van der Waals surface area contributed by atoms with Crippen LogP contribution in [0.2, 0.25) is 0 Å². The summed E-state index contributed by atoms with van der Waals surface area (Å²) in [5, 5.41) is 21.2. The molecular weight excluding hydrogens is 423 g/mol. The van der Waals surface area contributed by atoms with E-state index in [-0.39, 0.29) is 29.7 Å². The lowest BCUT2D eigenvalue weighted by Crippen LogP contribution is -2.43. The monoisotopic (exact) mass is 450 g/mol. The van der Waals surface area contributed by atoms with Crippen molar-refractivity contribution >= 4 is 35.6 Å². The molecule has 1 aromatic heterocycles. The summed E-state index contributed by atoms with van der Waals surface area (Å²) in [7, 11) is 1.75. The van der Waals surface area contributed by atoms with Crippen LogP contribution in [0.4, 0.5) is 5.69 Å². The van der Waals surface area contributed by atoms with Crippen molar-refractivity contribution in [1.29, 1.82) is 0 Å². The van der Waals surface area contributed by atoms with Crippen LogP contribution in [0.25, 0.3) is 0 Å². The van der Waals surface area contributed by atoms with E-state index < -0.39 is 4.92 Å². The molecule has 24 heavy (non-hydrogen) atoms. The molecular formula is C15H27IN6O2. The van der Waals surface area contributed by atoms with Crippen LogP contribution in [0.3, 0.4) is 0 Å². The van der Waals surface area contributed by atoms with Gasteiger partial charge in [-0.25, -0.2) is 0 Å². The Morgan fingerprint density at radius 2 is 2.17 bits per heavy atom. The van der Waals surface area contributed by atoms with Crippen LogP contribution in [0.5, 0.6) is 0 Å². The second kappa shape index (κ2) is 9.80. The molecule has 2 N–H and O–H groups in total. The summed E-state index contributed by atoms with van der Waals surface area (Å²) in [5.74, 6) is 0.770. The number of nitrogens with one attached hydrogen (secondary N) is 2. The molecule has 0 aromatic carbocycles. The van der Waals surface area contributed by atoms with E-state index in [1.165, 1.54) is 44.5 Å². The SMILES string of the molecule is CCC1(CNC(=NC)NCCn2cc([N+](=O)[O-])cn2)CCCC1.I. The Kier molecular flexibility index (Phi) is 8.43. The molecule has 1 aliphatic carbocycles. The van der Waals surface area contributed by atoms with Crippen LogP contribution in [0.15, 0.2) is 17.4 Å². The minimum absolute atomic E-state index is 0. The Morgan fingerprint density at radius 3 is 2.71 bits per heavy atom. The summed E-state index contributed by atoms with van der Waals surface area (Å²) >= 11 is 0. The molecule has 8 nitrogen and oxygen atoms in total. The van der Waals surface area contributed by atoms with E-state index in [0.29, 0.717) is 18.5 Å². The molecule has 9 heteroatoms. The van der Waals surface area contributed by atoms with Crippen molar-refractivity contribution in [3.63, 3.8) is 0 Å². The summed E-state index contributed by atoms with van der Waals surface area (Å²) in [6, 6.07) is 0. The van der Waals surface area contributed by atoms with E-state index in [9.17, 15) is 10.1 Å². The topological polar surface area (TPSA) is 97.4 Å². The van der Waals surface area contributed by atoms with Crippen LogP contribution in [0, 0.1) is 15.5 Å². The van der Waals surface area contributed by atoms with E-state index in [1.54, 1.807) is 11.7 Å². The first-order chi connectivity index (χ1) is 11.1. The zero-order chi connectivity index (χ0) is 16.7. The van der Waals surface area contributed by atoms with Gasteiger partial charge in [0.05, 0.1) is 11.5 Å². The number of aliphatic imine (C=N–C) groups is 1. The number of aromatic nitrogens is 2. The number of guanidine groups is 1. The Labute approximate surface area is 159 Å². The predicted molar refractivity (Wildman–Crippen MR) is 105 cm³/mol. The van der Waals surface area contributed by atoms with Crippen molar-refractivity contribution in [3.8, 4) is 0 Å². The number of rotatable bonds is 7. The molecule has 136 valence electrons. The minimum Gasteiger partial charge on any atom is -0.356 e. The maximum atomic E-state index is 10.6. The van der Waals surface area contributed by atoms with Gasteiger partial charge < -0.3 is 10.6 Å². The molecule has 2 rings (SSSR count). The molecule has 0 aliphatic heterocycles. The van der Waals surface area contributed by atoms with E-state index >= 15 is 0 Å². The summed E-state index contributed by atoms with van der Waals surface area (Å²) in [6.07, 6.45) is 9.09. The third-order valence-corrected chi connectivity index (χ3v) is 4.73. The first kappa shape index (κ1) is 20.7. The second-order valence-electron chi connectivity index (χ2n) is 6.13. The lowest BCUT2D eigenvalue weighted by molar-refractivity contribution is -0.385. The smallest absolute Gasteiger partial charge is 0.306 e. The van der Waals surface area contributed by atoms with Crippen molar-refractivity contribution in [1.82, 2.24) is 20.4 Å². The standard InChI is InChI=1S/C15H26N6O2.HI/c1-3-15(6-4-5-7-15)12-18-14(16-2)17-8-9-20-11-13(10-19-20)21(22)23;/h10-11H,3-9,12H2,1-2H3,(H2,16,17,18);1H. The van der Waals surface area contributed by atoms with Gasteiger partial charge in [0, 0.05) is 20.1 Å². The molecule has 1 aromatic rings. The molecule has 1 aliphatic rings. The van der Waals surface area contributed by atoms with Gasteiger partial charge in [-0.2, -0.15) is 5.10 Å². The number of hydrogen-bond acceptors (Lipinski definition) is 4. The van der Waals surface area contributed by atoms with Gasteiger partial charge in [-0.1, -0.05) is 19.8 Å². The molecule has 0 bridgehead atoms. The fourth-order valence-corrected chi connectivity index (χ4v) is 3.13. The highest BCUT2D eigenvalue weighted by Crippen LogP contribution is 2.40. The van der Waals surface area contributed by atoms with Gasteiger partial charge in [-0.3, -0.25) is 19.8 Å². The average molecular weight is 450 g/mol. The van der Waals surface area contributed by atoms with Gasteiger partial charge >= 0.3 is 5.69 Å². The first-order valence-electron chi connectivity index (χ1n) is 8.20. The third-order valence-electron chi connectivity index (χ3n) is 4.73. The van der Waals surface area contributed by atoms with Gasteiger partial charge in [0.15, 0.2) is 5.96 Å². The Hall–Kier alpha value is -1.39. The second-order valence-corrected chi connectivity index (χ2v) is 6.13. The van der Waals surface area contributed by atoms with Crippen molar-refractivity contribution in [2.24, 2.45) is 10.4 Å². The normalized spacial score (nSPS) is 16.5. The highest BCUT2D eigenvalue weighted by atomic mass is 127. The average Bonchev–Trinajstić information content (AvgIpc) is 3.20. The van der Waals surface area contributed by atoms with Crippen LogP contribution in [-0.2, 0) is 6.54 Å². The number of hydrogen-bond donors (Lipinski definition) is 2. The summed E-state index contributed by atoms with van der Waals surface area (Å²) in [5.41, 5.74) is 0.416. The fraction of sp³-hybridized carbons (Fsp3) is 0.733. The zero-order valence-electron chi connectivity index (χ0n) is 14.3. The lowest BCUT2D eigenvalue weighted by atomic mass is 9.83. The quantitative estimate of drug-likeness (QED) is 0.219. The van der Waals surface area contributed by atoms with Gasteiger partial charge in [0.1, 0.15) is 12.4 Å². The van der Waals surface area contributed by atoms with Gasteiger partial charge in [-0.05, 0) is 24.7 Å². The van der Waals surface area contributed by atoms with Crippen LogP contribution in [0.1, 0.15) is 39.0 Å². The molecule has 0 unspecified atom stereocenters. The maximum Gasteiger partial charge on any atom is 0.306 e. The van der Waals surface area contributed by atoms with Gasteiger partial charge in [0.2, 0.25) is 0 Å². The molecule has 0 saturated heterocycles. The van der Waals surface area contributed by atoms with E-state index in [0.717, 1.165) is 12.5 Å².